The van der Waals surface area contributed by atoms with Crippen LogP contribution in [0, 0.1) is 23.7 Å². The van der Waals surface area contributed by atoms with Crippen LogP contribution in [0.1, 0.15) is 45.4 Å². The number of carbonyl (C=O) groups excluding carboxylic acids is 3. The van der Waals surface area contributed by atoms with Crippen LogP contribution < -0.4 is 0 Å². The Morgan fingerprint density at radius 1 is 1.35 bits per heavy atom. The summed E-state index contributed by atoms with van der Waals surface area (Å²) in [6.45, 7) is 4.68. The molecule has 23 heavy (non-hydrogen) atoms. The number of hydrogen-bond acceptors (Lipinski definition) is 4. The van der Waals surface area contributed by atoms with Crippen molar-refractivity contribution < 1.29 is 19.1 Å². The molecule has 3 saturated carbocycles. The first-order valence-electron chi connectivity index (χ1n) is 8.62. The zero-order valence-corrected chi connectivity index (χ0v) is 13.5. The smallest absolute Gasteiger partial charge is 0.333 e. The van der Waals surface area contributed by atoms with Crippen molar-refractivity contribution in [2.75, 3.05) is 6.61 Å². The summed E-state index contributed by atoms with van der Waals surface area (Å²) in [5, 5.41) is 0. The SMILES string of the molecule is C=C(C)C(=O)OCC(=O)N1C(=O)CC12CC1CC2C2CCCC12. The molecule has 1 saturated heterocycles. The van der Waals surface area contributed by atoms with Gasteiger partial charge in [-0.25, -0.2) is 4.79 Å². The van der Waals surface area contributed by atoms with E-state index in [0.29, 0.717) is 24.2 Å². The fraction of sp³-hybridized carbons (Fsp3) is 0.722. The second-order valence-electron chi connectivity index (χ2n) is 7.82. The average molecular weight is 317 g/mol. The van der Waals surface area contributed by atoms with Crippen molar-refractivity contribution in [1.82, 2.24) is 4.90 Å². The lowest BCUT2D eigenvalue weighted by molar-refractivity contribution is -0.179. The molecule has 5 atom stereocenters. The third kappa shape index (κ3) is 1.95. The number of ether oxygens (including phenoxy) is 1. The molecule has 1 aliphatic heterocycles. The summed E-state index contributed by atoms with van der Waals surface area (Å²) in [5.74, 6) is 1.60. The quantitative estimate of drug-likeness (QED) is 0.454. The van der Waals surface area contributed by atoms with Crippen LogP contribution in [-0.4, -0.2) is 34.8 Å². The molecular formula is C18H23NO4. The minimum atomic E-state index is -0.579. The van der Waals surface area contributed by atoms with Gasteiger partial charge in [-0.2, -0.15) is 0 Å². The van der Waals surface area contributed by atoms with Gasteiger partial charge in [0.1, 0.15) is 0 Å². The summed E-state index contributed by atoms with van der Waals surface area (Å²) < 4.78 is 4.96. The predicted octanol–water partition coefficient (Wildman–Crippen LogP) is 2.06. The molecule has 1 heterocycles. The number of nitrogens with zero attached hydrogens (tertiary/aromatic N) is 1. The second kappa shape index (κ2) is 4.92. The minimum absolute atomic E-state index is 0.108. The van der Waals surface area contributed by atoms with E-state index in [0.717, 1.165) is 18.8 Å². The highest BCUT2D eigenvalue weighted by molar-refractivity contribution is 6.03. The summed E-state index contributed by atoms with van der Waals surface area (Å²) in [6.07, 6.45) is 6.48. The Morgan fingerprint density at radius 3 is 2.78 bits per heavy atom. The van der Waals surface area contributed by atoms with Crippen LogP contribution in [-0.2, 0) is 19.1 Å². The summed E-state index contributed by atoms with van der Waals surface area (Å²) in [4.78, 5) is 37.5. The van der Waals surface area contributed by atoms with Crippen molar-refractivity contribution in [3.63, 3.8) is 0 Å². The first-order valence-corrected chi connectivity index (χ1v) is 8.62. The van der Waals surface area contributed by atoms with Gasteiger partial charge in [0.15, 0.2) is 6.61 Å². The van der Waals surface area contributed by atoms with E-state index in [-0.39, 0.29) is 29.5 Å². The number of rotatable bonds is 3. The molecule has 0 N–H and O–H groups in total. The Bertz CT molecular complexity index is 612. The fourth-order valence-electron chi connectivity index (χ4n) is 5.98. The Labute approximate surface area is 136 Å². The Kier molecular flexibility index (Phi) is 3.19. The highest BCUT2D eigenvalue weighted by atomic mass is 16.5. The highest BCUT2D eigenvalue weighted by Gasteiger charge is 2.69. The van der Waals surface area contributed by atoms with Gasteiger partial charge in [-0.3, -0.25) is 14.5 Å². The van der Waals surface area contributed by atoms with Gasteiger partial charge in [0, 0.05) is 5.57 Å². The molecular weight excluding hydrogens is 294 g/mol. The van der Waals surface area contributed by atoms with E-state index in [1.54, 1.807) is 6.92 Å². The van der Waals surface area contributed by atoms with Crippen LogP contribution in [0.2, 0.25) is 0 Å². The van der Waals surface area contributed by atoms with Gasteiger partial charge in [0.05, 0.1) is 12.0 Å². The average Bonchev–Trinajstić information content (AvgIpc) is 3.15. The van der Waals surface area contributed by atoms with E-state index in [2.05, 4.69) is 6.58 Å². The topological polar surface area (TPSA) is 63.7 Å². The molecule has 0 aromatic heterocycles. The number of esters is 1. The van der Waals surface area contributed by atoms with Crippen molar-refractivity contribution in [2.45, 2.75) is 51.0 Å². The number of hydrogen-bond donors (Lipinski definition) is 0. The van der Waals surface area contributed by atoms with Crippen molar-refractivity contribution in [3.05, 3.63) is 12.2 Å². The molecule has 1 spiro atoms. The van der Waals surface area contributed by atoms with Crippen molar-refractivity contribution in [2.24, 2.45) is 23.7 Å². The lowest BCUT2D eigenvalue weighted by Crippen LogP contribution is -2.69. The van der Waals surface area contributed by atoms with E-state index in [1.807, 2.05) is 0 Å². The van der Waals surface area contributed by atoms with E-state index in [4.69, 9.17) is 4.74 Å². The predicted molar refractivity (Wildman–Crippen MR) is 82.0 cm³/mol. The third-order valence-corrected chi connectivity index (χ3v) is 6.69. The molecule has 4 rings (SSSR count). The van der Waals surface area contributed by atoms with Gasteiger partial charge in [-0.1, -0.05) is 13.0 Å². The second-order valence-corrected chi connectivity index (χ2v) is 7.82. The van der Waals surface area contributed by atoms with Gasteiger partial charge in [0.2, 0.25) is 5.91 Å². The number of fused-ring (bicyclic) bond motifs is 6. The van der Waals surface area contributed by atoms with Crippen molar-refractivity contribution in [3.8, 4) is 0 Å². The maximum Gasteiger partial charge on any atom is 0.333 e. The van der Waals surface area contributed by atoms with Crippen LogP contribution in [0.25, 0.3) is 0 Å². The summed E-state index contributed by atoms with van der Waals surface area (Å²) in [5.41, 5.74) is -0.00357. The number of carbonyl (C=O) groups is 3. The molecule has 5 unspecified atom stereocenters. The Hall–Kier alpha value is -1.65. The Morgan fingerprint density at radius 2 is 2.09 bits per heavy atom. The summed E-state index contributed by atoms with van der Waals surface area (Å²) >= 11 is 0. The normalized spacial score (nSPS) is 40.2. The molecule has 0 aromatic carbocycles. The van der Waals surface area contributed by atoms with E-state index < -0.39 is 5.97 Å². The van der Waals surface area contributed by atoms with Crippen LogP contribution in [0.5, 0.6) is 0 Å². The van der Waals surface area contributed by atoms with E-state index >= 15 is 0 Å². The zero-order valence-electron chi connectivity index (χ0n) is 13.5. The maximum atomic E-state index is 12.5. The summed E-state index contributed by atoms with van der Waals surface area (Å²) in [6, 6.07) is 0. The van der Waals surface area contributed by atoms with Crippen LogP contribution in [0.4, 0.5) is 0 Å². The number of amides is 2. The van der Waals surface area contributed by atoms with Gasteiger partial charge in [-0.05, 0) is 56.3 Å². The molecule has 2 amide bonds. The van der Waals surface area contributed by atoms with Crippen molar-refractivity contribution in [1.29, 1.82) is 0 Å². The fourth-order valence-corrected chi connectivity index (χ4v) is 5.98. The number of β-lactam (4-membered cyclic amide) rings is 1. The minimum Gasteiger partial charge on any atom is -0.452 e. The van der Waals surface area contributed by atoms with E-state index in [1.165, 1.54) is 24.2 Å². The maximum absolute atomic E-state index is 12.5. The molecule has 3 aliphatic carbocycles. The lowest BCUT2D eigenvalue weighted by atomic mass is 9.64. The van der Waals surface area contributed by atoms with Gasteiger partial charge in [-0.15, -0.1) is 0 Å². The molecule has 124 valence electrons. The summed E-state index contributed by atoms with van der Waals surface area (Å²) in [7, 11) is 0. The zero-order chi connectivity index (χ0) is 16.4. The van der Waals surface area contributed by atoms with Crippen LogP contribution >= 0.6 is 0 Å². The number of likely N-dealkylation sites (tertiary alicyclic amines) is 1. The van der Waals surface area contributed by atoms with Crippen LogP contribution in [0.15, 0.2) is 12.2 Å². The van der Waals surface area contributed by atoms with Gasteiger partial charge in [0.25, 0.3) is 5.91 Å². The largest absolute Gasteiger partial charge is 0.452 e. The monoisotopic (exact) mass is 317 g/mol. The first kappa shape index (κ1) is 14.9. The van der Waals surface area contributed by atoms with Crippen LogP contribution in [0.3, 0.4) is 0 Å². The molecule has 2 bridgehead atoms. The first-order chi connectivity index (χ1) is 10.9. The van der Waals surface area contributed by atoms with Gasteiger partial charge < -0.3 is 4.74 Å². The highest BCUT2D eigenvalue weighted by Crippen LogP contribution is 2.67. The lowest BCUT2D eigenvalue weighted by Gasteiger charge is -2.55. The van der Waals surface area contributed by atoms with E-state index in [9.17, 15) is 14.4 Å². The third-order valence-electron chi connectivity index (χ3n) is 6.69. The molecule has 0 radical (unpaired) electrons. The standard InChI is InChI=1S/C18H23NO4/c1-10(2)17(22)23-9-16(21)19-15(20)8-18(19)7-11-6-14(18)13-5-3-4-12(11)13/h11-14H,1,3-9H2,2H3. The molecule has 4 fully saturated rings. The van der Waals surface area contributed by atoms with Gasteiger partial charge >= 0.3 is 5.97 Å². The molecule has 5 nitrogen and oxygen atoms in total. The molecule has 0 aromatic rings. The Balaban J connectivity index is 1.48. The molecule has 5 heteroatoms. The van der Waals surface area contributed by atoms with Crippen molar-refractivity contribution >= 4 is 17.8 Å². The molecule has 4 aliphatic rings. The number of imide groups is 1.